The second-order valence-electron chi connectivity index (χ2n) is 4.65. The number of rotatable bonds is 1. The number of esters is 1. The SMILES string of the molecule is COC(=O)C12CNCC1Cc1ccccc12. The third kappa shape index (κ3) is 1.04. The molecule has 1 heterocycles. The van der Waals surface area contributed by atoms with Crippen LogP contribution < -0.4 is 5.32 Å². The highest BCUT2D eigenvalue weighted by atomic mass is 16.5. The molecule has 0 saturated carbocycles. The van der Waals surface area contributed by atoms with Crippen molar-refractivity contribution in [1.29, 1.82) is 0 Å². The van der Waals surface area contributed by atoms with Gasteiger partial charge in [0.15, 0.2) is 0 Å². The van der Waals surface area contributed by atoms with Crippen molar-refractivity contribution in [3.8, 4) is 0 Å². The minimum Gasteiger partial charge on any atom is -0.468 e. The monoisotopic (exact) mass is 217 g/mol. The van der Waals surface area contributed by atoms with Crippen molar-refractivity contribution in [2.24, 2.45) is 5.92 Å². The van der Waals surface area contributed by atoms with Gasteiger partial charge < -0.3 is 10.1 Å². The molecule has 0 amide bonds. The van der Waals surface area contributed by atoms with Gasteiger partial charge in [0.05, 0.1) is 7.11 Å². The molecule has 2 atom stereocenters. The third-order valence-corrected chi connectivity index (χ3v) is 4.01. The Morgan fingerprint density at radius 1 is 1.50 bits per heavy atom. The van der Waals surface area contributed by atoms with Gasteiger partial charge in [-0.15, -0.1) is 0 Å². The summed E-state index contributed by atoms with van der Waals surface area (Å²) in [7, 11) is 1.48. The zero-order valence-corrected chi connectivity index (χ0v) is 9.32. The van der Waals surface area contributed by atoms with Crippen LogP contribution in [0.5, 0.6) is 0 Å². The zero-order chi connectivity index (χ0) is 11.2. The Morgan fingerprint density at radius 2 is 2.31 bits per heavy atom. The molecule has 0 bridgehead atoms. The van der Waals surface area contributed by atoms with Crippen molar-refractivity contribution < 1.29 is 9.53 Å². The second-order valence-corrected chi connectivity index (χ2v) is 4.65. The van der Waals surface area contributed by atoms with E-state index in [4.69, 9.17) is 4.74 Å². The van der Waals surface area contributed by atoms with E-state index >= 15 is 0 Å². The molecule has 0 spiro atoms. The van der Waals surface area contributed by atoms with Crippen LogP contribution in [-0.2, 0) is 21.4 Å². The Balaban J connectivity index is 2.16. The molecule has 3 rings (SSSR count). The highest BCUT2D eigenvalue weighted by molar-refractivity contribution is 5.86. The minimum absolute atomic E-state index is 0.0903. The molecule has 1 fully saturated rings. The van der Waals surface area contributed by atoms with Gasteiger partial charge in [0, 0.05) is 6.54 Å². The Labute approximate surface area is 94.8 Å². The highest BCUT2D eigenvalue weighted by Gasteiger charge is 2.55. The van der Waals surface area contributed by atoms with E-state index < -0.39 is 5.41 Å². The molecule has 2 aliphatic rings. The van der Waals surface area contributed by atoms with Crippen LogP contribution in [0, 0.1) is 5.92 Å². The predicted molar refractivity (Wildman–Crippen MR) is 60.2 cm³/mol. The molecule has 0 radical (unpaired) electrons. The number of fused-ring (bicyclic) bond motifs is 3. The first-order chi connectivity index (χ1) is 7.79. The van der Waals surface area contributed by atoms with Crippen LogP contribution in [0.2, 0.25) is 0 Å². The minimum atomic E-state index is -0.425. The largest absolute Gasteiger partial charge is 0.468 e. The zero-order valence-electron chi connectivity index (χ0n) is 9.32. The molecular weight excluding hydrogens is 202 g/mol. The summed E-state index contributed by atoms with van der Waals surface area (Å²) in [5.74, 6) is 0.268. The predicted octanol–water partition coefficient (Wildman–Crippen LogP) is 0.873. The van der Waals surface area contributed by atoms with Crippen molar-refractivity contribution in [2.75, 3.05) is 20.2 Å². The van der Waals surface area contributed by atoms with E-state index in [-0.39, 0.29) is 5.97 Å². The van der Waals surface area contributed by atoms with Crippen molar-refractivity contribution in [3.05, 3.63) is 35.4 Å². The standard InChI is InChI=1S/C13H15NO2/c1-16-12(15)13-8-14-7-10(13)6-9-4-2-3-5-11(9)13/h2-5,10,14H,6-8H2,1H3. The average Bonchev–Trinajstić information content (AvgIpc) is 2.84. The summed E-state index contributed by atoms with van der Waals surface area (Å²) >= 11 is 0. The number of hydrogen-bond acceptors (Lipinski definition) is 3. The van der Waals surface area contributed by atoms with Crippen molar-refractivity contribution in [3.63, 3.8) is 0 Å². The van der Waals surface area contributed by atoms with Gasteiger partial charge in [0.25, 0.3) is 0 Å². The van der Waals surface area contributed by atoms with E-state index in [1.807, 2.05) is 12.1 Å². The molecule has 1 aromatic rings. The van der Waals surface area contributed by atoms with E-state index in [1.165, 1.54) is 12.7 Å². The quantitative estimate of drug-likeness (QED) is 0.709. The van der Waals surface area contributed by atoms with Gasteiger partial charge in [-0.25, -0.2) is 0 Å². The number of ether oxygens (including phenoxy) is 1. The molecule has 3 heteroatoms. The summed E-state index contributed by atoms with van der Waals surface area (Å²) in [5, 5.41) is 3.32. The maximum absolute atomic E-state index is 12.1. The van der Waals surface area contributed by atoms with E-state index in [0.29, 0.717) is 12.5 Å². The van der Waals surface area contributed by atoms with E-state index in [9.17, 15) is 4.79 Å². The normalized spacial score (nSPS) is 30.9. The summed E-state index contributed by atoms with van der Waals surface area (Å²) in [6.07, 6.45) is 0.984. The van der Waals surface area contributed by atoms with Crippen LogP contribution in [0.4, 0.5) is 0 Å². The molecule has 16 heavy (non-hydrogen) atoms. The first-order valence-corrected chi connectivity index (χ1v) is 5.66. The number of carbonyl (C=O) groups excluding carboxylic acids is 1. The summed E-state index contributed by atoms with van der Waals surface area (Å²) in [4.78, 5) is 12.1. The van der Waals surface area contributed by atoms with Gasteiger partial charge in [-0.3, -0.25) is 4.79 Å². The molecule has 1 N–H and O–H groups in total. The first kappa shape index (κ1) is 9.85. The Hall–Kier alpha value is -1.35. The molecule has 0 aromatic heterocycles. The van der Waals surface area contributed by atoms with Crippen LogP contribution in [0.15, 0.2) is 24.3 Å². The molecule has 2 unspecified atom stereocenters. The molecule has 1 aliphatic carbocycles. The van der Waals surface area contributed by atoms with Crippen LogP contribution in [-0.4, -0.2) is 26.2 Å². The van der Waals surface area contributed by atoms with Gasteiger partial charge in [-0.2, -0.15) is 0 Å². The Bertz CT molecular complexity index is 443. The summed E-state index contributed by atoms with van der Waals surface area (Å²) in [6.45, 7) is 1.62. The fraction of sp³-hybridized carbons (Fsp3) is 0.462. The van der Waals surface area contributed by atoms with Crippen LogP contribution >= 0.6 is 0 Å². The van der Waals surface area contributed by atoms with Crippen molar-refractivity contribution in [1.82, 2.24) is 5.32 Å². The van der Waals surface area contributed by atoms with E-state index in [1.54, 1.807) is 0 Å². The molecule has 84 valence electrons. The molecule has 3 nitrogen and oxygen atoms in total. The maximum atomic E-state index is 12.1. The topological polar surface area (TPSA) is 38.3 Å². The summed E-state index contributed by atoms with van der Waals surface area (Å²) in [5.41, 5.74) is 2.04. The summed E-state index contributed by atoms with van der Waals surface area (Å²) in [6, 6.07) is 8.24. The van der Waals surface area contributed by atoms with Gasteiger partial charge >= 0.3 is 5.97 Å². The molecular formula is C13H15NO2. The first-order valence-electron chi connectivity index (χ1n) is 5.66. The van der Waals surface area contributed by atoms with Crippen LogP contribution in [0.3, 0.4) is 0 Å². The fourth-order valence-electron chi connectivity index (χ4n) is 3.25. The number of carbonyl (C=O) groups is 1. The lowest BCUT2D eigenvalue weighted by atomic mass is 9.77. The smallest absolute Gasteiger partial charge is 0.317 e. The Kier molecular flexibility index (Phi) is 2.04. The lowest BCUT2D eigenvalue weighted by Gasteiger charge is -2.26. The highest BCUT2D eigenvalue weighted by Crippen LogP contribution is 2.46. The van der Waals surface area contributed by atoms with E-state index in [2.05, 4.69) is 17.4 Å². The van der Waals surface area contributed by atoms with Crippen molar-refractivity contribution in [2.45, 2.75) is 11.8 Å². The fourth-order valence-corrected chi connectivity index (χ4v) is 3.25. The molecule has 1 saturated heterocycles. The number of benzene rings is 1. The molecule has 1 aromatic carbocycles. The second kappa shape index (κ2) is 3.32. The maximum Gasteiger partial charge on any atom is 0.317 e. The Morgan fingerprint density at radius 3 is 3.12 bits per heavy atom. The van der Waals surface area contributed by atoms with Crippen molar-refractivity contribution >= 4 is 5.97 Å². The third-order valence-electron chi connectivity index (χ3n) is 4.01. The van der Waals surface area contributed by atoms with Gasteiger partial charge in [-0.05, 0) is 30.0 Å². The lowest BCUT2D eigenvalue weighted by Crippen LogP contribution is -2.41. The number of methoxy groups -OCH3 is 1. The van der Waals surface area contributed by atoms with E-state index in [0.717, 1.165) is 18.5 Å². The van der Waals surface area contributed by atoms with Gasteiger partial charge in [0.1, 0.15) is 5.41 Å². The number of nitrogens with one attached hydrogen (secondary N) is 1. The van der Waals surface area contributed by atoms with Gasteiger partial charge in [-0.1, -0.05) is 24.3 Å². The average molecular weight is 217 g/mol. The van der Waals surface area contributed by atoms with Crippen LogP contribution in [0.1, 0.15) is 11.1 Å². The summed E-state index contributed by atoms with van der Waals surface area (Å²) < 4.78 is 5.02. The van der Waals surface area contributed by atoms with Crippen LogP contribution in [0.25, 0.3) is 0 Å². The van der Waals surface area contributed by atoms with Gasteiger partial charge in [0.2, 0.25) is 0 Å². The number of hydrogen-bond donors (Lipinski definition) is 1. The molecule has 1 aliphatic heterocycles. The lowest BCUT2D eigenvalue weighted by molar-refractivity contribution is -0.148.